The summed E-state index contributed by atoms with van der Waals surface area (Å²) in [5, 5.41) is 16.7. The molecule has 0 atom stereocenters. The van der Waals surface area contributed by atoms with Gasteiger partial charge >= 0.3 is 0 Å². The molecule has 1 aliphatic carbocycles. The first-order chi connectivity index (χ1) is 16.8. The largest absolute Gasteiger partial charge is 0.396 e. The minimum atomic E-state index is -0.707. The van der Waals surface area contributed by atoms with Crippen LogP contribution < -0.4 is 11.1 Å². The summed E-state index contributed by atoms with van der Waals surface area (Å²) in [6, 6.07) is 11.2. The van der Waals surface area contributed by atoms with Crippen molar-refractivity contribution < 1.29 is 23.9 Å². The van der Waals surface area contributed by atoms with Crippen LogP contribution in [-0.4, -0.2) is 56.7 Å². The molecule has 1 fully saturated rings. The zero-order valence-electron chi connectivity index (χ0n) is 18.8. The van der Waals surface area contributed by atoms with E-state index in [2.05, 4.69) is 10.4 Å². The third-order valence-electron chi connectivity index (χ3n) is 6.23. The highest BCUT2D eigenvalue weighted by Crippen LogP contribution is 2.31. The van der Waals surface area contributed by atoms with Crippen LogP contribution >= 0.6 is 11.6 Å². The number of carbonyl (C=O) groups excluding carboxylic acids is 3. The Bertz CT molecular complexity index is 1270. The van der Waals surface area contributed by atoms with Gasteiger partial charge in [0.05, 0.1) is 17.1 Å². The number of nitrogens with zero attached hydrogens (tertiary/aromatic N) is 3. The molecule has 1 heterocycles. The van der Waals surface area contributed by atoms with Gasteiger partial charge in [-0.2, -0.15) is 5.10 Å². The molecule has 0 spiro atoms. The van der Waals surface area contributed by atoms with Crippen molar-refractivity contribution in [2.75, 3.05) is 13.2 Å². The van der Waals surface area contributed by atoms with Crippen molar-refractivity contribution in [2.45, 2.75) is 32.0 Å². The van der Waals surface area contributed by atoms with Gasteiger partial charge in [0.1, 0.15) is 12.4 Å². The maximum absolute atomic E-state index is 14.1. The molecular formula is C24H25ClFN5O4. The minimum Gasteiger partial charge on any atom is -0.396 e. The number of rotatable bonds is 9. The fourth-order valence-electron chi connectivity index (χ4n) is 4.26. The van der Waals surface area contributed by atoms with Crippen LogP contribution in [0.5, 0.6) is 0 Å². The monoisotopic (exact) mass is 501 g/mol. The number of aromatic nitrogens is 2. The number of fused-ring (bicyclic) bond motifs is 1. The molecule has 1 aliphatic rings. The smallest absolute Gasteiger partial charge is 0.269 e. The molecule has 4 rings (SSSR count). The van der Waals surface area contributed by atoms with Gasteiger partial charge in [0, 0.05) is 30.1 Å². The second kappa shape index (κ2) is 10.4. The number of nitrogens with one attached hydrogen (secondary N) is 1. The number of benzene rings is 2. The van der Waals surface area contributed by atoms with E-state index in [1.807, 2.05) is 0 Å². The third kappa shape index (κ3) is 5.28. The second-order valence-corrected chi connectivity index (χ2v) is 8.98. The first-order valence-corrected chi connectivity index (χ1v) is 11.5. The van der Waals surface area contributed by atoms with E-state index in [1.165, 1.54) is 21.7 Å². The number of hydrogen-bond donors (Lipinski definition) is 3. The number of halogens is 2. The van der Waals surface area contributed by atoms with Crippen molar-refractivity contribution in [1.29, 1.82) is 0 Å². The summed E-state index contributed by atoms with van der Waals surface area (Å²) in [7, 11) is 0. The lowest BCUT2D eigenvalue weighted by atomic mass is 9.80. The topological polar surface area (TPSA) is 131 Å². The summed E-state index contributed by atoms with van der Waals surface area (Å²) < 4.78 is 15.5. The number of aliphatic hydroxyl groups is 1. The summed E-state index contributed by atoms with van der Waals surface area (Å²) in [6.07, 6.45) is 1.12. The van der Waals surface area contributed by atoms with Gasteiger partial charge in [0.15, 0.2) is 5.69 Å². The van der Waals surface area contributed by atoms with Crippen LogP contribution in [0.4, 0.5) is 4.39 Å². The SMILES string of the molecule is NC(=O)c1nn(CC(=O)N(CC(=O)NCc2cccc(Cl)c2F)C2CC(CO)C2)c2ccccc12. The van der Waals surface area contributed by atoms with Crippen LogP contribution in [0.1, 0.15) is 28.9 Å². The molecule has 0 unspecified atom stereocenters. The fourth-order valence-corrected chi connectivity index (χ4v) is 4.46. The van der Waals surface area contributed by atoms with E-state index in [9.17, 15) is 23.9 Å². The Kier molecular flexibility index (Phi) is 7.32. The van der Waals surface area contributed by atoms with E-state index in [-0.39, 0.29) is 60.4 Å². The maximum atomic E-state index is 14.1. The average molecular weight is 502 g/mol. The number of hydrogen-bond acceptors (Lipinski definition) is 5. The fraction of sp³-hybridized carbons (Fsp3) is 0.333. The Labute approximate surface area is 205 Å². The molecule has 2 aromatic carbocycles. The highest BCUT2D eigenvalue weighted by molar-refractivity contribution is 6.30. The quantitative estimate of drug-likeness (QED) is 0.412. The summed E-state index contributed by atoms with van der Waals surface area (Å²) in [6.45, 7) is -0.524. The van der Waals surface area contributed by atoms with Gasteiger partial charge in [0.25, 0.3) is 5.91 Å². The normalized spacial score (nSPS) is 17.1. The van der Waals surface area contributed by atoms with Crippen LogP contribution in [0.25, 0.3) is 10.9 Å². The van der Waals surface area contributed by atoms with Crippen LogP contribution in [0.2, 0.25) is 5.02 Å². The molecule has 1 saturated carbocycles. The molecular weight excluding hydrogens is 477 g/mol. The van der Waals surface area contributed by atoms with E-state index in [1.54, 1.807) is 30.3 Å². The maximum Gasteiger partial charge on any atom is 0.269 e. The zero-order valence-corrected chi connectivity index (χ0v) is 19.5. The molecule has 11 heteroatoms. The summed E-state index contributed by atoms with van der Waals surface area (Å²) in [4.78, 5) is 39.2. The standard InChI is InChI=1S/C24H25ClFN5O4/c25-18-6-3-4-15(22(18)26)10-28-20(33)11-30(16-8-14(9-16)13-32)21(34)12-31-19-7-2-1-5-17(19)23(29-31)24(27)35/h1-7,14,16,32H,8-13H2,(H2,27,35)(H,28,33). The van der Waals surface area contributed by atoms with Crippen molar-refractivity contribution in [3.63, 3.8) is 0 Å². The number of para-hydroxylation sites is 1. The first-order valence-electron chi connectivity index (χ1n) is 11.1. The van der Waals surface area contributed by atoms with Crippen LogP contribution in [0.15, 0.2) is 42.5 Å². The zero-order chi connectivity index (χ0) is 25.1. The predicted octanol–water partition coefficient (Wildman–Crippen LogP) is 1.84. The lowest BCUT2D eigenvalue weighted by Crippen LogP contribution is -2.53. The van der Waals surface area contributed by atoms with Gasteiger partial charge in [-0.05, 0) is 30.9 Å². The van der Waals surface area contributed by atoms with Crippen molar-refractivity contribution in [3.05, 3.63) is 64.6 Å². The van der Waals surface area contributed by atoms with Crippen molar-refractivity contribution in [3.8, 4) is 0 Å². The van der Waals surface area contributed by atoms with Crippen molar-refractivity contribution in [1.82, 2.24) is 20.0 Å². The molecule has 0 saturated heterocycles. The van der Waals surface area contributed by atoms with Gasteiger partial charge in [0.2, 0.25) is 11.8 Å². The van der Waals surface area contributed by atoms with E-state index < -0.39 is 17.6 Å². The predicted molar refractivity (Wildman–Crippen MR) is 127 cm³/mol. The minimum absolute atomic E-state index is 0.00450. The Morgan fingerprint density at radius 1 is 1.20 bits per heavy atom. The van der Waals surface area contributed by atoms with Gasteiger partial charge in [-0.1, -0.05) is 41.9 Å². The molecule has 4 N–H and O–H groups in total. The number of amides is 3. The highest BCUT2D eigenvalue weighted by atomic mass is 35.5. The molecule has 1 aromatic heterocycles. The Balaban J connectivity index is 1.49. The number of carbonyl (C=O) groups is 3. The Morgan fingerprint density at radius 2 is 1.94 bits per heavy atom. The van der Waals surface area contributed by atoms with Gasteiger partial charge in [-0.3, -0.25) is 19.1 Å². The molecule has 0 radical (unpaired) electrons. The number of nitrogens with two attached hydrogens (primary N) is 1. The first kappa shape index (κ1) is 24.6. The van der Waals surface area contributed by atoms with E-state index >= 15 is 0 Å². The molecule has 3 amide bonds. The molecule has 0 bridgehead atoms. The van der Waals surface area contributed by atoms with E-state index in [0.29, 0.717) is 23.7 Å². The van der Waals surface area contributed by atoms with Crippen molar-refractivity contribution >= 4 is 40.2 Å². The van der Waals surface area contributed by atoms with Gasteiger partial charge < -0.3 is 21.1 Å². The lowest BCUT2D eigenvalue weighted by molar-refractivity contribution is -0.142. The van der Waals surface area contributed by atoms with E-state index in [4.69, 9.17) is 17.3 Å². The second-order valence-electron chi connectivity index (χ2n) is 8.57. The molecule has 0 aliphatic heterocycles. The van der Waals surface area contributed by atoms with Crippen molar-refractivity contribution in [2.24, 2.45) is 11.7 Å². The molecule has 9 nitrogen and oxygen atoms in total. The summed E-state index contributed by atoms with van der Waals surface area (Å²) >= 11 is 5.79. The lowest BCUT2D eigenvalue weighted by Gasteiger charge is -2.42. The third-order valence-corrected chi connectivity index (χ3v) is 6.52. The Hall–Kier alpha value is -3.50. The van der Waals surface area contributed by atoms with Gasteiger partial charge in [-0.25, -0.2) is 4.39 Å². The van der Waals surface area contributed by atoms with E-state index in [0.717, 1.165) is 0 Å². The summed E-state index contributed by atoms with van der Waals surface area (Å²) in [5.41, 5.74) is 6.30. The van der Waals surface area contributed by atoms with Gasteiger partial charge in [-0.15, -0.1) is 0 Å². The number of primary amides is 1. The van der Waals surface area contributed by atoms with Crippen LogP contribution in [0, 0.1) is 11.7 Å². The molecule has 184 valence electrons. The molecule has 35 heavy (non-hydrogen) atoms. The van der Waals surface area contributed by atoms with Crippen LogP contribution in [-0.2, 0) is 22.7 Å². The molecule has 3 aromatic rings. The van der Waals surface area contributed by atoms with Crippen LogP contribution in [0.3, 0.4) is 0 Å². The highest BCUT2D eigenvalue weighted by Gasteiger charge is 2.36. The summed E-state index contributed by atoms with van der Waals surface area (Å²) in [5.74, 6) is -2.09. The average Bonchev–Trinajstić information content (AvgIpc) is 3.17. The number of aliphatic hydroxyl groups excluding tert-OH is 1. The Morgan fingerprint density at radius 3 is 2.66 bits per heavy atom.